The lowest BCUT2D eigenvalue weighted by molar-refractivity contribution is -0.116. The van der Waals surface area contributed by atoms with E-state index in [4.69, 9.17) is 11.6 Å². The van der Waals surface area contributed by atoms with Gasteiger partial charge in [0, 0.05) is 28.6 Å². The minimum absolute atomic E-state index is 0.0945. The highest BCUT2D eigenvalue weighted by Crippen LogP contribution is 2.23. The van der Waals surface area contributed by atoms with Gasteiger partial charge in [0.05, 0.1) is 5.69 Å². The van der Waals surface area contributed by atoms with Crippen LogP contribution < -0.4 is 16.0 Å². The Labute approximate surface area is 174 Å². The van der Waals surface area contributed by atoms with Crippen molar-refractivity contribution < 1.29 is 9.59 Å². The van der Waals surface area contributed by atoms with E-state index in [1.54, 1.807) is 6.07 Å². The number of nitrogens with zero attached hydrogens (tertiary/aromatic N) is 1. The summed E-state index contributed by atoms with van der Waals surface area (Å²) in [5.74, 6) is -0.0945. The molecule has 1 heterocycles. The zero-order valence-electron chi connectivity index (χ0n) is 15.9. The highest BCUT2D eigenvalue weighted by Gasteiger charge is 2.16. The summed E-state index contributed by atoms with van der Waals surface area (Å²) in [6.45, 7) is 1.87. The van der Waals surface area contributed by atoms with E-state index in [9.17, 15) is 9.59 Å². The fraction of sp³-hybridized carbons (Fsp3) is 0.450. The van der Waals surface area contributed by atoms with E-state index in [1.807, 2.05) is 24.4 Å². The van der Waals surface area contributed by atoms with Crippen molar-refractivity contribution in [2.75, 3.05) is 10.6 Å². The molecule has 1 aromatic carbocycles. The fourth-order valence-corrected chi connectivity index (χ4v) is 4.16. The van der Waals surface area contributed by atoms with Crippen molar-refractivity contribution in [3.63, 3.8) is 0 Å². The van der Waals surface area contributed by atoms with E-state index in [2.05, 4.69) is 20.9 Å². The standard InChI is InChI=1S/C20H25ClN4O2S/c1-13-16(21)8-5-9-17(13)24-18(26)11-10-15-12-28-20(23-15)25-19(27)22-14-6-3-2-4-7-14/h5,8-9,12,14H,2-4,6-7,10-11H2,1H3,(H,24,26)(H2,22,23,25,27). The van der Waals surface area contributed by atoms with Crippen molar-refractivity contribution in [3.05, 3.63) is 39.9 Å². The zero-order chi connectivity index (χ0) is 19.9. The van der Waals surface area contributed by atoms with Crippen LogP contribution in [-0.2, 0) is 11.2 Å². The number of carbonyl (C=O) groups excluding carboxylic acids is 2. The highest BCUT2D eigenvalue weighted by molar-refractivity contribution is 7.13. The summed E-state index contributed by atoms with van der Waals surface area (Å²) in [4.78, 5) is 28.7. The Hall–Kier alpha value is -2.12. The quantitative estimate of drug-likeness (QED) is 0.605. The Kier molecular flexibility index (Phi) is 7.28. The summed E-state index contributed by atoms with van der Waals surface area (Å²) < 4.78 is 0. The van der Waals surface area contributed by atoms with Gasteiger partial charge in [-0.1, -0.05) is 36.9 Å². The van der Waals surface area contributed by atoms with Gasteiger partial charge in [-0.05, 0) is 43.9 Å². The lowest BCUT2D eigenvalue weighted by Gasteiger charge is -2.22. The number of hydrogen-bond acceptors (Lipinski definition) is 4. The number of nitrogens with one attached hydrogen (secondary N) is 3. The van der Waals surface area contributed by atoms with Gasteiger partial charge in [0.1, 0.15) is 0 Å². The van der Waals surface area contributed by atoms with Crippen LogP contribution in [0, 0.1) is 6.92 Å². The molecular weight excluding hydrogens is 396 g/mol. The lowest BCUT2D eigenvalue weighted by Crippen LogP contribution is -2.38. The first kappa shape index (κ1) is 20.6. The summed E-state index contributed by atoms with van der Waals surface area (Å²) in [7, 11) is 0. The van der Waals surface area contributed by atoms with Crippen molar-refractivity contribution in [2.45, 2.75) is 57.9 Å². The van der Waals surface area contributed by atoms with Gasteiger partial charge in [0.15, 0.2) is 5.13 Å². The van der Waals surface area contributed by atoms with Crippen molar-refractivity contribution >= 4 is 45.7 Å². The smallest absolute Gasteiger partial charge is 0.321 e. The Morgan fingerprint density at radius 3 is 2.79 bits per heavy atom. The van der Waals surface area contributed by atoms with Crippen LogP contribution in [0.5, 0.6) is 0 Å². The van der Waals surface area contributed by atoms with Crippen LogP contribution >= 0.6 is 22.9 Å². The van der Waals surface area contributed by atoms with Gasteiger partial charge in [0.25, 0.3) is 0 Å². The minimum atomic E-state index is -0.207. The molecule has 0 bridgehead atoms. The van der Waals surface area contributed by atoms with E-state index >= 15 is 0 Å². The highest BCUT2D eigenvalue weighted by atomic mass is 35.5. The van der Waals surface area contributed by atoms with Crippen molar-refractivity contribution in [1.82, 2.24) is 10.3 Å². The van der Waals surface area contributed by atoms with Crippen LogP contribution in [0.2, 0.25) is 5.02 Å². The number of hydrogen-bond donors (Lipinski definition) is 3. The second kappa shape index (κ2) is 9.89. The lowest BCUT2D eigenvalue weighted by atomic mass is 9.96. The first-order chi connectivity index (χ1) is 13.5. The Bertz CT molecular complexity index is 833. The minimum Gasteiger partial charge on any atom is -0.335 e. The summed E-state index contributed by atoms with van der Waals surface area (Å²) in [6.07, 6.45) is 6.49. The maximum atomic E-state index is 12.2. The van der Waals surface area contributed by atoms with E-state index in [-0.39, 0.29) is 18.0 Å². The molecule has 0 saturated heterocycles. The maximum Gasteiger partial charge on any atom is 0.321 e. The van der Waals surface area contributed by atoms with Gasteiger partial charge >= 0.3 is 6.03 Å². The monoisotopic (exact) mass is 420 g/mol. The van der Waals surface area contributed by atoms with Crippen molar-refractivity contribution in [1.29, 1.82) is 0 Å². The molecule has 8 heteroatoms. The van der Waals surface area contributed by atoms with Crippen LogP contribution in [0.4, 0.5) is 15.6 Å². The topological polar surface area (TPSA) is 83.1 Å². The number of anilines is 2. The number of carbonyl (C=O) groups is 2. The molecule has 1 aliphatic carbocycles. The molecule has 1 aliphatic rings. The van der Waals surface area contributed by atoms with E-state index in [1.165, 1.54) is 30.6 Å². The molecule has 1 saturated carbocycles. The number of thiazole rings is 1. The van der Waals surface area contributed by atoms with Gasteiger partial charge in [-0.25, -0.2) is 9.78 Å². The molecule has 0 spiro atoms. The summed E-state index contributed by atoms with van der Waals surface area (Å²) in [5, 5.41) is 11.7. The van der Waals surface area contributed by atoms with E-state index < -0.39 is 0 Å². The van der Waals surface area contributed by atoms with Gasteiger partial charge in [-0.15, -0.1) is 11.3 Å². The molecular formula is C20H25ClN4O2S. The van der Waals surface area contributed by atoms with Crippen LogP contribution in [-0.4, -0.2) is 23.0 Å². The Morgan fingerprint density at radius 2 is 2.00 bits per heavy atom. The van der Waals surface area contributed by atoms with E-state index in [0.717, 1.165) is 29.8 Å². The SMILES string of the molecule is Cc1c(Cl)cccc1NC(=O)CCc1csc(NC(=O)NC2CCCCC2)n1. The fourth-order valence-electron chi connectivity index (χ4n) is 3.24. The molecule has 0 aliphatic heterocycles. The molecule has 3 rings (SSSR count). The van der Waals surface area contributed by atoms with Crippen LogP contribution in [0.3, 0.4) is 0 Å². The van der Waals surface area contributed by atoms with Crippen molar-refractivity contribution in [2.24, 2.45) is 0 Å². The molecule has 0 atom stereocenters. The third kappa shape index (κ3) is 5.94. The average molecular weight is 421 g/mol. The summed E-state index contributed by atoms with van der Waals surface area (Å²) >= 11 is 7.44. The summed E-state index contributed by atoms with van der Waals surface area (Å²) in [5.41, 5.74) is 2.36. The first-order valence-corrected chi connectivity index (χ1v) is 10.8. The Morgan fingerprint density at radius 1 is 1.21 bits per heavy atom. The van der Waals surface area contributed by atoms with Crippen molar-refractivity contribution in [3.8, 4) is 0 Å². The predicted molar refractivity (Wildman–Crippen MR) is 114 cm³/mol. The number of rotatable bonds is 6. The van der Waals surface area contributed by atoms with E-state index in [0.29, 0.717) is 23.0 Å². The molecule has 28 heavy (non-hydrogen) atoms. The third-order valence-corrected chi connectivity index (χ3v) is 6.08. The number of amides is 3. The normalized spacial score (nSPS) is 14.5. The summed E-state index contributed by atoms with van der Waals surface area (Å²) in [6, 6.07) is 5.48. The molecule has 3 N–H and O–H groups in total. The van der Waals surface area contributed by atoms with Crippen LogP contribution in [0.25, 0.3) is 0 Å². The maximum absolute atomic E-state index is 12.2. The molecule has 0 unspecified atom stereocenters. The van der Waals surface area contributed by atoms with Crippen LogP contribution in [0.15, 0.2) is 23.6 Å². The molecule has 3 amide bonds. The molecule has 0 radical (unpaired) electrons. The number of urea groups is 1. The van der Waals surface area contributed by atoms with Gasteiger partial charge < -0.3 is 10.6 Å². The Balaban J connectivity index is 1.44. The molecule has 1 fully saturated rings. The average Bonchev–Trinajstić information content (AvgIpc) is 3.12. The largest absolute Gasteiger partial charge is 0.335 e. The first-order valence-electron chi connectivity index (χ1n) is 9.58. The second-order valence-electron chi connectivity index (χ2n) is 7.04. The predicted octanol–water partition coefficient (Wildman–Crippen LogP) is 5.13. The van der Waals surface area contributed by atoms with Crippen LogP contribution in [0.1, 0.15) is 49.8 Å². The second-order valence-corrected chi connectivity index (χ2v) is 8.30. The number of aryl methyl sites for hydroxylation is 1. The number of aromatic nitrogens is 1. The molecule has 6 nitrogen and oxygen atoms in total. The van der Waals surface area contributed by atoms with Gasteiger partial charge in [-0.3, -0.25) is 10.1 Å². The molecule has 150 valence electrons. The van der Waals surface area contributed by atoms with Gasteiger partial charge in [-0.2, -0.15) is 0 Å². The number of halogens is 1. The molecule has 1 aromatic heterocycles. The van der Waals surface area contributed by atoms with Gasteiger partial charge in [0.2, 0.25) is 5.91 Å². The molecule has 2 aromatic rings. The third-order valence-electron chi connectivity index (χ3n) is 4.86. The number of benzene rings is 1. The zero-order valence-corrected chi connectivity index (χ0v) is 17.5.